The van der Waals surface area contributed by atoms with Crippen LogP contribution in [0.4, 0.5) is 5.95 Å². The molecule has 0 bridgehead atoms. The molecule has 0 saturated carbocycles. The Morgan fingerprint density at radius 3 is 3.13 bits per heavy atom. The zero-order valence-electron chi connectivity index (χ0n) is 9.04. The molecule has 1 aromatic carbocycles. The van der Waals surface area contributed by atoms with E-state index in [1.165, 1.54) is 0 Å². The van der Waals surface area contributed by atoms with Crippen LogP contribution in [0.3, 0.4) is 0 Å². The molecule has 2 N–H and O–H groups in total. The normalized spacial score (nSPS) is 11.1. The Labute approximate surface area is 89.3 Å². The first-order chi connectivity index (χ1) is 7.25. The minimum absolute atomic E-state index is 0.814. The highest BCUT2D eigenvalue weighted by Crippen LogP contribution is 2.12. The van der Waals surface area contributed by atoms with Gasteiger partial charge in [-0.25, -0.2) is 4.98 Å². The predicted molar refractivity (Wildman–Crippen MR) is 62.0 cm³/mol. The molecule has 0 saturated heterocycles. The van der Waals surface area contributed by atoms with Crippen molar-refractivity contribution in [3.63, 3.8) is 0 Å². The maximum Gasteiger partial charge on any atom is 0.201 e. The van der Waals surface area contributed by atoms with Gasteiger partial charge in [0, 0.05) is 19.2 Å². The van der Waals surface area contributed by atoms with E-state index in [1.807, 2.05) is 32.3 Å². The van der Waals surface area contributed by atoms with Gasteiger partial charge in [0.25, 0.3) is 0 Å². The van der Waals surface area contributed by atoms with Crippen LogP contribution < -0.4 is 5.32 Å². The van der Waals surface area contributed by atoms with Crippen LogP contribution in [0, 0.1) is 6.07 Å². The number of para-hydroxylation sites is 1. The van der Waals surface area contributed by atoms with Crippen LogP contribution in [0.25, 0.3) is 11.0 Å². The summed E-state index contributed by atoms with van der Waals surface area (Å²) in [6.45, 7) is 1.87. The van der Waals surface area contributed by atoms with Crippen molar-refractivity contribution in [2.45, 2.75) is 0 Å². The molecule has 1 aromatic heterocycles. The van der Waals surface area contributed by atoms with Crippen LogP contribution in [0.2, 0.25) is 0 Å². The summed E-state index contributed by atoms with van der Waals surface area (Å²) in [5.74, 6) is 0.814. The number of hydrogen-bond acceptors (Lipinski definition) is 3. The number of imidazole rings is 1. The van der Waals surface area contributed by atoms with Crippen LogP contribution in [0.1, 0.15) is 0 Å². The fourth-order valence-corrected chi connectivity index (χ4v) is 1.37. The summed E-state index contributed by atoms with van der Waals surface area (Å²) in [6.07, 6.45) is 0. The number of nitrogens with zero attached hydrogens (tertiary/aromatic N) is 2. The number of likely N-dealkylation sites (N-methyl/N-ethyl adjacent to an activating group) is 1. The number of H-pyrrole nitrogens is 1. The lowest BCUT2D eigenvalue weighted by molar-refractivity contribution is 0.425. The van der Waals surface area contributed by atoms with Gasteiger partial charge in [-0.05, 0) is 20.2 Å². The highest BCUT2D eigenvalue weighted by atomic mass is 15.1. The van der Waals surface area contributed by atoms with Crippen molar-refractivity contribution in [3.8, 4) is 0 Å². The second-order valence-electron chi connectivity index (χ2n) is 3.75. The summed E-state index contributed by atoms with van der Waals surface area (Å²) in [6, 6.07) is 8.89. The van der Waals surface area contributed by atoms with Gasteiger partial charge in [0.2, 0.25) is 5.95 Å². The molecular formula is C11H15N4. The van der Waals surface area contributed by atoms with E-state index in [4.69, 9.17) is 0 Å². The zero-order chi connectivity index (χ0) is 10.7. The number of nitrogens with one attached hydrogen (secondary N) is 2. The number of rotatable bonds is 4. The molecule has 0 fully saturated rings. The standard InChI is InChI=1S/C11H15N4/c1-15(2)8-7-12-11-13-9-5-3-4-6-10(9)14-11/h3-5H,7-8H2,1-2H3,(H2,12,13,14). The lowest BCUT2D eigenvalue weighted by Crippen LogP contribution is -2.21. The van der Waals surface area contributed by atoms with Crippen molar-refractivity contribution < 1.29 is 0 Å². The van der Waals surface area contributed by atoms with Crippen LogP contribution in [-0.4, -0.2) is 42.1 Å². The molecule has 0 aliphatic rings. The summed E-state index contributed by atoms with van der Waals surface area (Å²) in [7, 11) is 4.10. The molecule has 4 nitrogen and oxygen atoms in total. The Kier molecular flexibility index (Phi) is 2.87. The maximum absolute atomic E-state index is 4.37. The topological polar surface area (TPSA) is 44.0 Å². The van der Waals surface area contributed by atoms with Gasteiger partial charge in [-0.15, -0.1) is 0 Å². The molecule has 1 heterocycles. The van der Waals surface area contributed by atoms with Gasteiger partial charge >= 0.3 is 0 Å². The second kappa shape index (κ2) is 4.31. The molecule has 1 radical (unpaired) electrons. The number of anilines is 1. The summed E-state index contributed by atoms with van der Waals surface area (Å²) in [5, 5.41) is 3.24. The Morgan fingerprint density at radius 2 is 2.40 bits per heavy atom. The minimum Gasteiger partial charge on any atom is -0.355 e. The minimum atomic E-state index is 0.814. The summed E-state index contributed by atoms with van der Waals surface area (Å²) >= 11 is 0. The highest BCUT2D eigenvalue weighted by molar-refractivity contribution is 5.76. The number of aromatic amines is 1. The number of hydrogen-bond donors (Lipinski definition) is 2. The van der Waals surface area contributed by atoms with E-state index in [-0.39, 0.29) is 0 Å². The molecule has 15 heavy (non-hydrogen) atoms. The zero-order valence-corrected chi connectivity index (χ0v) is 9.04. The average molecular weight is 203 g/mol. The summed E-state index contributed by atoms with van der Waals surface area (Å²) in [5.41, 5.74) is 1.90. The van der Waals surface area contributed by atoms with Crippen molar-refractivity contribution in [2.24, 2.45) is 0 Å². The molecule has 0 atom stereocenters. The number of aromatic nitrogens is 2. The monoisotopic (exact) mass is 203 g/mol. The van der Waals surface area contributed by atoms with Crippen LogP contribution in [-0.2, 0) is 0 Å². The third-order valence-corrected chi connectivity index (χ3v) is 2.16. The molecule has 0 spiro atoms. The van der Waals surface area contributed by atoms with Gasteiger partial charge in [0.1, 0.15) is 0 Å². The smallest absolute Gasteiger partial charge is 0.201 e. The second-order valence-corrected chi connectivity index (χ2v) is 3.75. The van der Waals surface area contributed by atoms with E-state index in [9.17, 15) is 0 Å². The Hall–Kier alpha value is -1.55. The molecular weight excluding hydrogens is 188 g/mol. The molecule has 0 aliphatic carbocycles. The first kappa shape index (κ1) is 9.98. The molecule has 79 valence electrons. The fraction of sp³-hybridized carbons (Fsp3) is 0.364. The van der Waals surface area contributed by atoms with E-state index in [0.717, 1.165) is 30.1 Å². The quantitative estimate of drug-likeness (QED) is 0.788. The Balaban J connectivity index is 2.03. The van der Waals surface area contributed by atoms with Crippen LogP contribution >= 0.6 is 0 Å². The third-order valence-electron chi connectivity index (χ3n) is 2.16. The SMILES string of the molecule is CN(C)CCNc1nc2[c]cccc2[nH]1. The average Bonchev–Trinajstić information content (AvgIpc) is 2.59. The van der Waals surface area contributed by atoms with E-state index in [0.29, 0.717) is 0 Å². The molecule has 0 aliphatic heterocycles. The largest absolute Gasteiger partial charge is 0.355 e. The lowest BCUT2D eigenvalue weighted by Gasteiger charge is -2.08. The molecule has 0 unspecified atom stereocenters. The van der Waals surface area contributed by atoms with E-state index in [2.05, 4.69) is 26.3 Å². The van der Waals surface area contributed by atoms with Gasteiger partial charge in [-0.2, -0.15) is 0 Å². The van der Waals surface area contributed by atoms with Crippen LogP contribution in [0.5, 0.6) is 0 Å². The van der Waals surface area contributed by atoms with E-state index >= 15 is 0 Å². The van der Waals surface area contributed by atoms with E-state index < -0.39 is 0 Å². The molecule has 2 aromatic rings. The molecule has 4 heteroatoms. The molecule has 0 amide bonds. The van der Waals surface area contributed by atoms with Crippen molar-refractivity contribution >= 4 is 17.0 Å². The fourth-order valence-electron chi connectivity index (χ4n) is 1.37. The van der Waals surface area contributed by atoms with Crippen molar-refractivity contribution in [1.29, 1.82) is 0 Å². The maximum atomic E-state index is 4.37. The number of fused-ring (bicyclic) bond motifs is 1. The van der Waals surface area contributed by atoms with Gasteiger partial charge in [-0.1, -0.05) is 12.1 Å². The highest BCUT2D eigenvalue weighted by Gasteiger charge is 2.00. The lowest BCUT2D eigenvalue weighted by atomic mass is 10.3. The van der Waals surface area contributed by atoms with Gasteiger partial charge in [0.05, 0.1) is 11.0 Å². The van der Waals surface area contributed by atoms with Crippen LogP contribution in [0.15, 0.2) is 18.2 Å². The van der Waals surface area contributed by atoms with E-state index in [1.54, 1.807) is 0 Å². The van der Waals surface area contributed by atoms with Gasteiger partial charge in [0.15, 0.2) is 0 Å². The van der Waals surface area contributed by atoms with Crippen molar-refractivity contribution in [1.82, 2.24) is 14.9 Å². The van der Waals surface area contributed by atoms with Gasteiger partial charge < -0.3 is 15.2 Å². The molecule has 2 rings (SSSR count). The predicted octanol–water partition coefficient (Wildman–Crippen LogP) is 1.34. The van der Waals surface area contributed by atoms with Crippen molar-refractivity contribution in [3.05, 3.63) is 24.3 Å². The Morgan fingerprint density at radius 1 is 1.53 bits per heavy atom. The Bertz CT molecular complexity index is 400. The van der Waals surface area contributed by atoms with Crippen molar-refractivity contribution in [2.75, 3.05) is 32.5 Å². The summed E-state index contributed by atoms with van der Waals surface area (Å²) in [4.78, 5) is 9.69. The van der Waals surface area contributed by atoms with Gasteiger partial charge in [-0.3, -0.25) is 0 Å². The third kappa shape index (κ3) is 2.47. The number of benzene rings is 1. The first-order valence-electron chi connectivity index (χ1n) is 5.01. The summed E-state index contributed by atoms with van der Waals surface area (Å²) < 4.78 is 0. The first-order valence-corrected chi connectivity index (χ1v) is 5.01.